The number of amidine groups is 1. The van der Waals surface area contributed by atoms with Crippen molar-refractivity contribution in [3.63, 3.8) is 0 Å². The van der Waals surface area contributed by atoms with Gasteiger partial charge in [0.2, 0.25) is 0 Å². The number of rotatable bonds is 2. The Bertz CT molecular complexity index is 689. The van der Waals surface area contributed by atoms with Gasteiger partial charge in [0.15, 0.2) is 7.06 Å². The standard InChI is InChI=1S/C10H12N6O/c11-7(12)4-1-2-5(4)8-14-9-6(3-13-16-9)10(17)15-8/h3-5H,1-2H2,(H3,11,12)(H2,13,14,15,16,17)/i/hD. The van der Waals surface area contributed by atoms with Gasteiger partial charge in [-0.2, -0.15) is 5.10 Å². The molecule has 1 aliphatic carbocycles. The Morgan fingerprint density at radius 1 is 1.65 bits per heavy atom. The van der Waals surface area contributed by atoms with Crippen molar-refractivity contribution >= 4 is 16.9 Å². The Balaban J connectivity index is 2.10. The molecule has 0 amide bonds. The van der Waals surface area contributed by atoms with E-state index in [0.29, 0.717) is 11.2 Å². The van der Waals surface area contributed by atoms with Gasteiger partial charge in [-0.1, -0.05) is 0 Å². The van der Waals surface area contributed by atoms with Gasteiger partial charge < -0.3 is 10.7 Å². The average Bonchev–Trinajstić information content (AvgIpc) is 2.58. The summed E-state index contributed by atoms with van der Waals surface area (Å²) in [6.07, 6.45) is 2.99. The maximum absolute atomic E-state index is 11.8. The largest absolute Gasteiger partial charge is 0.387 e. The van der Waals surface area contributed by atoms with E-state index >= 15 is 0 Å². The minimum atomic E-state index is -0.303. The maximum atomic E-state index is 11.8. The number of hydrogen-bond acceptors (Lipinski definition) is 4. The zero-order valence-electron chi connectivity index (χ0n) is 9.97. The van der Waals surface area contributed by atoms with Crippen molar-refractivity contribution in [1.29, 1.82) is 5.41 Å². The van der Waals surface area contributed by atoms with Crippen LogP contribution in [0.25, 0.3) is 11.0 Å². The fourth-order valence-electron chi connectivity index (χ4n) is 2.20. The summed E-state index contributed by atoms with van der Waals surface area (Å²) in [7, 11) is 0. The Hall–Kier alpha value is -2.18. The molecule has 0 aliphatic heterocycles. The predicted octanol–water partition coefficient (Wildman–Crippen LogP) is 0.0758. The van der Waals surface area contributed by atoms with Gasteiger partial charge in [0.05, 0.1) is 12.0 Å². The van der Waals surface area contributed by atoms with Crippen LogP contribution in [-0.4, -0.2) is 26.0 Å². The van der Waals surface area contributed by atoms with Crippen LogP contribution < -0.4 is 11.3 Å². The third kappa shape index (κ3) is 1.42. The number of nitrogens with two attached hydrogens (primary N) is 1. The molecule has 3 rings (SSSR count). The van der Waals surface area contributed by atoms with Gasteiger partial charge in [-0.25, -0.2) is 4.98 Å². The van der Waals surface area contributed by atoms with Gasteiger partial charge in [-0.3, -0.25) is 15.3 Å². The number of aromatic amines is 2. The lowest BCUT2D eigenvalue weighted by molar-refractivity contribution is 0.322. The van der Waals surface area contributed by atoms with Crippen LogP contribution in [0.1, 0.15) is 24.6 Å². The highest BCUT2D eigenvalue weighted by atomic mass is 16.1. The monoisotopic (exact) mass is 233 g/mol. The van der Waals surface area contributed by atoms with E-state index in [1.54, 1.807) is 0 Å². The van der Waals surface area contributed by atoms with Crippen molar-refractivity contribution in [2.75, 3.05) is 0 Å². The molecule has 7 heteroatoms. The number of nitrogens with one attached hydrogen (secondary N) is 3. The highest BCUT2D eigenvalue weighted by molar-refractivity contribution is 5.81. The first-order chi connectivity index (χ1) is 8.58. The first-order valence-corrected chi connectivity index (χ1v) is 5.39. The van der Waals surface area contributed by atoms with E-state index in [2.05, 4.69) is 15.1 Å². The van der Waals surface area contributed by atoms with Crippen molar-refractivity contribution in [2.24, 2.45) is 11.7 Å². The van der Waals surface area contributed by atoms with E-state index in [-0.39, 0.29) is 28.9 Å². The third-order valence-electron chi connectivity index (χ3n) is 3.32. The minimum absolute atomic E-state index is 0.0329. The maximum Gasteiger partial charge on any atom is 0.262 e. The molecule has 2 aromatic heterocycles. The molecule has 1 aliphatic rings. The molecule has 0 spiro atoms. The molecule has 5 N–H and O–H groups in total. The Kier molecular flexibility index (Phi) is 1.79. The lowest BCUT2D eigenvalue weighted by Gasteiger charge is -2.34. The van der Waals surface area contributed by atoms with Crippen LogP contribution >= 0.6 is 0 Å². The van der Waals surface area contributed by atoms with Gasteiger partial charge in [0, 0.05) is 11.8 Å². The van der Waals surface area contributed by atoms with Crippen LogP contribution in [0.3, 0.4) is 0 Å². The second kappa shape index (κ2) is 3.41. The quantitative estimate of drug-likeness (QED) is 0.433. The van der Waals surface area contributed by atoms with E-state index in [1.807, 2.05) is 0 Å². The van der Waals surface area contributed by atoms with Crippen LogP contribution in [0, 0.1) is 11.3 Å². The summed E-state index contributed by atoms with van der Waals surface area (Å²) >= 11 is 0. The van der Waals surface area contributed by atoms with Crippen LogP contribution in [-0.2, 0) is 0 Å². The van der Waals surface area contributed by atoms with Gasteiger partial charge in [-0.15, -0.1) is 0 Å². The summed E-state index contributed by atoms with van der Waals surface area (Å²) in [6, 6.07) is 0. The number of fused-ring (bicyclic) bond motifs is 1. The van der Waals surface area contributed by atoms with Crippen molar-refractivity contribution in [3.05, 3.63) is 22.4 Å². The zero-order valence-corrected chi connectivity index (χ0v) is 8.97. The molecule has 2 heterocycles. The van der Waals surface area contributed by atoms with Gasteiger partial charge in [-0.05, 0) is 12.8 Å². The first kappa shape index (κ1) is 8.91. The Morgan fingerprint density at radius 2 is 2.47 bits per heavy atom. The zero-order chi connectivity index (χ0) is 12.9. The average molecular weight is 233 g/mol. The summed E-state index contributed by atoms with van der Waals surface area (Å²) in [6.45, 7) is 0. The Labute approximate surface area is 97.4 Å². The van der Waals surface area contributed by atoms with Crippen molar-refractivity contribution in [2.45, 2.75) is 18.8 Å². The Morgan fingerprint density at radius 3 is 3.12 bits per heavy atom. The fourth-order valence-corrected chi connectivity index (χ4v) is 2.20. The number of aromatic nitrogens is 4. The highest BCUT2D eigenvalue weighted by Gasteiger charge is 2.36. The fraction of sp³-hybridized carbons (Fsp3) is 0.400. The molecule has 0 bridgehead atoms. The number of H-pyrrole nitrogens is 2. The molecule has 17 heavy (non-hydrogen) atoms. The van der Waals surface area contributed by atoms with Gasteiger partial charge in [0.1, 0.15) is 11.2 Å². The summed E-state index contributed by atoms with van der Waals surface area (Å²) in [5.41, 5.74) is 5.43. The SMILES string of the molecule is [2H]n1ncc2c(=O)[nH]c(C3CCC3C(=N)N)nc21. The van der Waals surface area contributed by atoms with E-state index in [0.717, 1.165) is 17.9 Å². The summed E-state index contributed by atoms with van der Waals surface area (Å²) in [5, 5.41) is 12.3. The first-order valence-electron chi connectivity index (χ1n) is 5.83. The summed E-state index contributed by atoms with van der Waals surface area (Å²) in [4.78, 5) is 18.8. The molecule has 1 saturated carbocycles. The molecule has 2 unspecified atom stereocenters. The van der Waals surface area contributed by atoms with E-state index in [1.165, 1.54) is 6.20 Å². The molecule has 2 aromatic rings. The molecular formula is C10H12N6O. The molecule has 0 aromatic carbocycles. The van der Waals surface area contributed by atoms with E-state index in [9.17, 15) is 4.79 Å². The van der Waals surface area contributed by atoms with Crippen molar-refractivity contribution < 1.29 is 1.41 Å². The third-order valence-corrected chi connectivity index (χ3v) is 3.32. The highest BCUT2D eigenvalue weighted by Crippen LogP contribution is 2.40. The van der Waals surface area contributed by atoms with Gasteiger partial charge >= 0.3 is 0 Å². The molecule has 1 fully saturated rings. The molecule has 7 nitrogen and oxygen atoms in total. The lowest BCUT2D eigenvalue weighted by atomic mass is 9.72. The van der Waals surface area contributed by atoms with Crippen molar-refractivity contribution in [1.82, 2.24) is 20.2 Å². The van der Waals surface area contributed by atoms with E-state index < -0.39 is 0 Å². The molecule has 0 saturated heterocycles. The van der Waals surface area contributed by atoms with Crippen LogP contribution in [0.5, 0.6) is 0 Å². The summed E-state index contributed by atoms with van der Waals surface area (Å²) < 4.78 is 7.51. The van der Waals surface area contributed by atoms with Crippen LogP contribution in [0.2, 0.25) is 1.41 Å². The molecule has 88 valence electrons. The topological polar surface area (TPSA) is 124 Å². The molecule has 0 radical (unpaired) electrons. The van der Waals surface area contributed by atoms with Crippen LogP contribution in [0.4, 0.5) is 0 Å². The summed E-state index contributed by atoms with van der Waals surface area (Å²) in [5.74, 6) is 0.517. The normalized spacial score (nSPS) is 24.4. The number of nitrogens with zero attached hydrogens (tertiary/aromatic N) is 2. The molecular weight excluding hydrogens is 220 g/mol. The minimum Gasteiger partial charge on any atom is -0.387 e. The lowest BCUT2D eigenvalue weighted by Crippen LogP contribution is -2.37. The second-order valence-electron chi connectivity index (χ2n) is 4.28. The van der Waals surface area contributed by atoms with Crippen LogP contribution in [0.15, 0.2) is 11.0 Å². The predicted molar refractivity (Wildman–Crippen MR) is 61.9 cm³/mol. The van der Waals surface area contributed by atoms with Crippen molar-refractivity contribution in [3.8, 4) is 0 Å². The molecule has 2 atom stereocenters. The van der Waals surface area contributed by atoms with E-state index in [4.69, 9.17) is 12.6 Å². The smallest absolute Gasteiger partial charge is 0.262 e. The number of hydrogen-bond donors (Lipinski definition) is 4. The van der Waals surface area contributed by atoms with Gasteiger partial charge in [0.25, 0.3) is 5.56 Å². The second-order valence-corrected chi connectivity index (χ2v) is 4.28.